The number of ether oxygens (including phenoxy) is 1. The van der Waals surface area contributed by atoms with Crippen molar-refractivity contribution in [2.75, 3.05) is 6.61 Å². The van der Waals surface area contributed by atoms with Gasteiger partial charge in [-0.2, -0.15) is 5.10 Å². The van der Waals surface area contributed by atoms with E-state index in [1.807, 2.05) is 43.3 Å². The fraction of sp³-hybridized carbons (Fsp3) is 0.250. The van der Waals surface area contributed by atoms with Crippen molar-refractivity contribution in [3.05, 3.63) is 93.9 Å². The van der Waals surface area contributed by atoms with Gasteiger partial charge in [-0.3, -0.25) is 14.9 Å². The van der Waals surface area contributed by atoms with E-state index in [0.29, 0.717) is 40.7 Å². The molecule has 1 aliphatic rings. The molecular formula is C28H27ClN4O3. The fourth-order valence-electron chi connectivity index (χ4n) is 4.54. The Labute approximate surface area is 214 Å². The molecule has 3 heterocycles. The Morgan fingerprint density at radius 3 is 2.72 bits per heavy atom. The molecule has 1 unspecified atom stereocenters. The summed E-state index contributed by atoms with van der Waals surface area (Å²) in [6.45, 7) is 4.98. The van der Waals surface area contributed by atoms with Crippen molar-refractivity contribution in [3.63, 3.8) is 0 Å². The number of nitrogens with one attached hydrogen (secondary N) is 1. The van der Waals surface area contributed by atoms with Crippen LogP contribution in [0.1, 0.15) is 58.5 Å². The van der Waals surface area contributed by atoms with E-state index in [0.717, 1.165) is 35.3 Å². The lowest BCUT2D eigenvalue weighted by Crippen LogP contribution is -2.29. The standard InChI is InChI=1S/C28H27ClN4O3/c1-3-4-12-36-20-9-7-19(8-10-20)27-24-25(21-14-22(29)17(2)13-23(21)34)31-32-26(24)28(35)33(27)16-18-6-5-11-30-15-18/h5-11,13-15,27,34H,3-4,12,16H2,1-2H3,(H,31,32). The molecule has 0 radical (unpaired) electrons. The molecule has 184 valence electrons. The summed E-state index contributed by atoms with van der Waals surface area (Å²) in [6, 6.07) is 14.5. The number of hydrogen-bond acceptors (Lipinski definition) is 5. The molecule has 7 nitrogen and oxygen atoms in total. The first-order chi connectivity index (χ1) is 17.5. The van der Waals surface area contributed by atoms with Gasteiger partial charge in [-0.1, -0.05) is 43.1 Å². The number of nitrogens with zero attached hydrogens (tertiary/aromatic N) is 3. The van der Waals surface area contributed by atoms with Gasteiger partial charge in [0.1, 0.15) is 22.9 Å². The number of aromatic amines is 1. The number of H-pyrrole nitrogens is 1. The number of pyridine rings is 1. The van der Waals surface area contributed by atoms with Crippen LogP contribution in [0.25, 0.3) is 11.3 Å². The molecule has 0 saturated carbocycles. The minimum absolute atomic E-state index is 0.0581. The van der Waals surface area contributed by atoms with Crippen LogP contribution in [0.5, 0.6) is 11.5 Å². The van der Waals surface area contributed by atoms with Crippen molar-refractivity contribution < 1.29 is 14.6 Å². The van der Waals surface area contributed by atoms with Gasteiger partial charge in [0.15, 0.2) is 0 Å². The average molecular weight is 503 g/mol. The topological polar surface area (TPSA) is 91.3 Å². The third kappa shape index (κ3) is 4.42. The number of rotatable bonds is 8. The number of halogens is 1. The molecule has 8 heteroatoms. The van der Waals surface area contributed by atoms with E-state index in [-0.39, 0.29) is 11.7 Å². The molecule has 0 aliphatic carbocycles. The number of fused-ring (bicyclic) bond motifs is 1. The predicted octanol–water partition coefficient (Wildman–Crippen LogP) is 6.06. The van der Waals surface area contributed by atoms with Crippen molar-refractivity contribution in [3.8, 4) is 22.8 Å². The number of benzene rings is 2. The van der Waals surface area contributed by atoms with E-state index in [9.17, 15) is 9.90 Å². The number of carbonyl (C=O) groups excluding carboxylic acids is 1. The van der Waals surface area contributed by atoms with Crippen LogP contribution in [0.15, 0.2) is 60.9 Å². The summed E-state index contributed by atoms with van der Waals surface area (Å²) < 4.78 is 5.84. The summed E-state index contributed by atoms with van der Waals surface area (Å²) in [6.07, 6.45) is 5.51. The van der Waals surface area contributed by atoms with Gasteiger partial charge < -0.3 is 14.7 Å². The van der Waals surface area contributed by atoms with Gasteiger partial charge in [0.2, 0.25) is 0 Å². The highest BCUT2D eigenvalue weighted by Crippen LogP contribution is 2.46. The number of phenolic OH excluding ortho intramolecular Hbond substituents is 1. The maximum Gasteiger partial charge on any atom is 0.273 e. The van der Waals surface area contributed by atoms with Gasteiger partial charge in [0.05, 0.1) is 12.6 Å². The van der Waals surface area contributed by atoms with Crippen LogP contribution in [0.2, 0.25) is 5.02 Å². The van der Waals surface area contributed by atoms with E-state index in [2.05, 4.69) is 22.1 Å². The van der Waals surface area contributed by atoms with Gasteiger partial charge in [-0.15, -0.1) is 0 Å². The first-order valence-electron chi connectivity index (χ1n) is 12.0. The molecule has 0 spiro atoms. The number of hydrogen-bond donors (Lipinski definition) is 2. The number of unbranched alkanes of at least 4 members (excludes halogenated alkanes) is 1. The van der Waals surface area contributed by atoms with Crippen LogP contribution in [0.4, 0.5) is 0 Å². The molecular weight excluding hydrogens is 476 g/mol. The SMILES string of the molecule is CCCCOc1ccc(C2c3c(-c4cc(Cl)c(C)cc4O)n[nH]c3C(=O)N2Cc2cccnc2)cc1. The molecule has 0 fully saturated rings. The number of aromatic hydroxyl groups is 1. The molecule has 0 bridgehead atoms. The molecule has 2 N–H and O–H groups in total. The molecule has 0 saturated heterocycles. The first-order valence-corrected chi connectivity index (χ1v) is 12.4. The second kappa shape index (κ2) is 10.0. The molecule has 2 aromatic carbocycles. The Morgan fingerprint density at radius 1 is 1.19 bits per heavy atom. The minimum Gasteiger partial charge on any atom is -0.507 e. The molecule has 2 aromatic heterocycles. The van der Waals surface area contributed by atoms with Crippen LogP contribution in [0, 0.1) is 6.92 Å². The van der Waals surface area contributed by atoms with Crippen LogP contribution < -0.4 is 4.74 Å². The van der Waals surface area contributed by atoms with Crippen LogP contribution in [-0.4, -0.2) is 37.7 Å². The summed E-state index contributed by atoms with van der Waals surface area (Å²) in [7, 11) is 0. The van der Waals surface area contributed by atoms with Crippen molar-refractivity contribution in [2.45, 2.75) is 39.3 Å². The number of aromatic nitrogens is 3. The summed E-state index contributed by atoms with van der Waals surface area (Å²) >= 11 is 6.39. The quantitative estimate of drug-likeness (QED) is 0.285. The predicted molar refractivity (Wildman–Crippen MR) is 138 cm³/mol. The van der Waals surface area contributed by atoms with Crippen LogP contribution in [0.3, 0.4) is 0 Å². The summed E-state index contributed by atoms with van der Waals surface area (Å²) in [5.41, 5.74) is 4.67. The summed E-state index contributed by atoms with van der Waals surface area (Å²) in [4.78, 5) is 19.6. The van der Waals surface area contributed by atoms with Gasteiger partial charge in [0, 0.05) is 35.1 Å². The third-order valence-electron chi connectivity index (χ3n) is 6.43. The summed E-state index contributed by atoms with van der Waals surface area (Å²) in [5.74, 6) is 0.673. The molecule has 1 amide bonds. The number of phenols is 1. The second-order valence-electron chi connectivity index (χ2n) is 8.95. The van der Waals surface area contributed by atoms with Crippen molar-refractivity contribution >= 4 is 17.5 Å². The second-order valence-corrected chi connectivity index (χ2v) is 9.35. The number of carbonyl (C=O) groups is 1. The lowest BCUT2D eigenvalue weighted by molar-refractivity contribution is 0.0730. The van der Waals surface area contributed by atoms with E-state index < -0.39 is 6.04 Å². The zero-order chi connectivity index (χ0) is 25.2. The maximum absolute atomic E-state index is 13.6. The van der Waals surface area contributed by atoms with Gasteiger partial charge in [-0.25, -0.2) is 0 Å². The van der Waals surface area contributed by atoms with Crippen molar-refractivity contribution in [1.29, 1.82) is 0 Å². The molecule has 5 rings (SSSR count). The normalized spacial score (nSPS) is 14.8. The number of aryl methyl sites for hydroxylation is 1. The zero-order valence-electron chi connectivity index (χ0n) is 20.2. The van der Waals surface area contributed by atoms with Crippen molar-refractivity contribution in [1.82, 2.24) is 20.1 Å². The summed E-state index contributed by atoms with van der Waals surface area (Å²) in [5, 5.41) is 18.6. The monoisotopic (exact) mass is 502 g/mol. The highest BCUT2D eigenvalue weighted by Gasteiger charge is 2.42. The largest absolute Gasteiger partial charge is 0.507 e. The Balaban J connectivity index is 1.59. The zero-order valence-corrected chi connectivity index (χ0v) is 20.9. The Hall–Kier alpha value is -3.84. The number of amides is 1. The molecule has 1 atom stereocenters. The third-order valence-corrected chi connectivity index (χ3v) is 6.84. The van der Waals surface area contributed by atoms with Gasteiger partial charge in [-0.05, 0) is 60.4 Å². The molecule has 1 aliphatic heterocycles. The minimum atomic E-state index is -0.425. The van der Waals surface area contributed by atoms with E-state index in [4.69, 9.17) is 16.3 Å². The Kier molecular flexibility index (Phi) is 6.65. The highest BCUT2D eigenvalue weighted by molar-refractivity contribution is 6.31. The molecule has 36 heavy (non-hydrogen) atoms. The molecule has 4 aromatic rings. The van der Waals surface area contributed by atoms with Gasteiger partial charge in [0.25, 0.3) is 5.91 Å². The first kappa shape index (κ1) is 23.9. The van der Waals surface area contributed by atoms with E-state index in [1.165, 1.54) is 0 Å². The maximum atomic E-state index is 13.6. The van der Waals surface area contributed by atoms with E-state index >= 15 is 0 Å². The lowest BCUT2D eigenvalue weighted by Gasteiger charge is -2.26. The lowest BCUT2D eigenvalue weighted by atomic mass is 9.95. The fourth-order valence-corrected chi connectivity index (χ4v) is 4.70. The van der Waals surface area contributed by atoms with Crippen LogP contribution >= 0.6 is 11.6 Å². The van der Waals surface area contributed by atoms with Crippen LogP contribution in [-0.2, 0) is 6.54 Å². The van der Waals surface area contributed by atoms with E-state index in [1.54, 1.807) is 29.4 Å². The average Bonchev–Trinajstić information content (AvgIpc) is 3.42. The van der Waals surface area contributed by atoms with Gasteiger partial charge >= 0.3 is 0 Å². The van der Waals surface area contributed by atoms with Crippen molar-refractivity contribution in [2.24, 2.45) is 0 Å². The highest BCUT2D eigenvalue weighted by atomic mass is 35.5. The smallest absolute Gasteiger partial charge is 0.273 e. The Morgan fingerprint density at radius 2 is 2.00 bits per heavy atom. The Bertz CT molecular complexity index is 1390.